The minimum absolute atomic E-state index is 0.0502. The van der Waals surface area contributed by atoms with Gasteiger partial charge >= 0.3 is 6.03 Å². The minimum Gasteiger partial charge on any atom is -0.383 e. The number of piperidine rings is 1. The van der Waals surface area contributed by atoms with Crippen LogP contribution in [0, 0.1) is 12.8 Å². The number of amides is 2. The number of aromatic nitrogens is 3. The highest BCUT2D eigenvalue weighted by Gasteiger charge is 2.33. The SMILES string of the molecule is Cc1ccc(-n2nc(C(C)(C)C)cc2NC(=O)Nc2cccc(C(C(=O)c3cccnc3N)C3CCNCC3)c2)cc1. The molecule has 1 saturated heterocycles. The number of pyridine rings is 1. The lowest BCUT2D eigenvalue weighted by Gasteiger charge is -2.30. The maximum absolute atomic E-state index is 13.9. The molecule has 1 fully saturated rings. The van der Waals surface area contributed by atoms with E-state index in [4.69, 9.17) is 10.8 Å². The number of benzene rings is 2. The number of rotatable bonds is 7. The first-order chi connectivity index (χ1) is 20.1. The summed E-state index contributed by atoms with van der Waals surface area (Å²) in [6, 6.07) is 20.5. The summed E-state index contributed by atoms with van der Waals surface area (Å²) in [6.45, 7) is 9.99. The number of Topliss-reactive ketones (excluding diaryl/α,β-unsaturated/α-hetero) is 1. The number of nitrogens with zero attached hydrogens (tertiary/aromatic N) is 3. The molecule has 5 N–H and O–H groups in total. The summed E-state index contributed by atoms with van der Waals surface area (Å²) in [5, 5.41) is 14.1. The number of aryl methyl sites for hydroxylation is 1. The van der Waals surface area contributed by atoms with Gasteiger partial charge in [-0.25, -0.2) is 14.5 Å². The number of carbonyl (C=O) groups is 2. The van der Waals surface area contributed by atoms with Gasteiger partial charge in [-0.3, -0.25) is 10.1 Å². The van der Waals surface area contributed by atoms with Gasteiger partial charge in [0.05, 0.1) is 22.9 Å². The van der Waals surface area contributed by atoms with Crippen LogP contribution in [0.3, 0.4) is 0 Å². The van der Waals surface area contributed by atoms with E-state index in [9.17, 15) is 9.59 Å². The molecule has 1 unspecified atom stereocenters. The lowest BCUT2D eigenvalue weighted by atomic mass is 9.76. The molecule has 9 nitrogen and oxygen atoms in total. The van der Waals surface area contributed by atoms with Gasteiger partial charge in [-0.1, -0.05) is 50.6 Å². The van der Waals surface area contributed by atoms with Crippen LogP contribution in [0.4, 0.5) is 22.1 Å². The van der Waals surface area contributed by atoms with E-state index in [-0.39, 0.29) is 22.9 Å². The normalized spacial score (nSPS) is 14.8. The van der Waals surface area contributed by atoms with Gasteiger partial charge in [-0.05, 0) is 80.7 Å². The van der Waals surface area contributed by atoms with Gasteiger partial charge in [0.25, 0.3) is 0 Å². The number of hydrogen-bond acceptors (Lipinski definition) is 6. The zero-order chi connectivity index (χ0) is 29.9. The largest absolute Gasteiger partial charge is 0.383 e. The first kappa shape index (κ1) is 29.0. The number of hydrogen-bond donors (Lipinski definition) is 4. The Morgan fingerprint density at radius 2 is 1.74 bits per heavy atom. The van der Waals surface area contributed by atoms with E-state index < -0.39 is 11.9 Å². The summed E-state index contributed by atoms with van der Waals surface area (Å²) < 4.78 is 1.75. The molecule has 5 rings (SSSR count). The van der Waals surface area contributed by atoms with Gasteiger partial charge in [-0.2, -0.15) is 5.10 Å². The molecule has 1 atom stereocenters. The molecule has 0 radical (unpaired) electrons. The molecule has 218 valence electrons. The molecule has 9 heteroatoms. The third kappa shape index (κ3) is 6.52. The fourth-order valence-corrected chi connectivity index (χ4v) is 5.42. The smallest absolute Gasteiger partial charge is 0.324 e. The Morgan fingerprint density at radius 3 is 2.43 bits per heavy atom. The number of urea groups is 1. The number of nitrogen functional groups attached to an aromatic ring is 1. The van der Waals surface area contributed by atoms with E-state index in [1.807, 2.05) is 61.5 Å². The van der Waals surface area contributed by atoms with Crippen LogP contribution in [0.5, 0.6) is 0 Å². The van der Waals surface area contributed by atoms with Crippen molar-refractivity contribution in [1.29, 1.82) is 0 Å². The van der Waals surface area contributed by atoms with Crippen LogP contribution >= 0.6 is 0 Å². The average molecular weight is 566 g/mol. The van der Waals surface area contributed by atoms with Crippen LogP contribution in [0.25, 0.3) is 5.69 Å². The number of nitrogens with two attached hydrogens (primary N) is 1. The van der Waals surface area contributed by atoms with Crippen molar-refractivity contribution in [3.8, 4) is 5.69 Å². The molecule has 0 spiro atoms. The van der Waals surface area contributed by atoms with Crippen LogP contribution in [0.1, 0.15) is 66.7 Å². The molecule has 2 aromatic heterocycles. The Morgan fingerprint density at radius 1 is 1.00 bits per heavy atom. The van der Waals surface area contributed by atoms with Crippen LogP contribution in [0.15, 0.2) is 72.9 Å². The monoisotopic (exact) mass is 565 g/mol. The second kappa shape index (κ2) is 12.2. The summed E-state index contributed by atoms with van der Waals surface area (Å²) >= 11 is 0. The lowest BCUT2D eigenvalue weighted by Crippen LogP contribution is -2.34. The van der Waals surface area contributed by atoms with Crippen molar-refractivity contribution in [2.75, 3.05) is 29.5 Å². The highest BCUT2D eigenvalue weighted by molar-refractivity contribution is 6.05. The third-order valence-electron chi connectivity index (χ3n) is 7.74. The van der Waals surface area contributed by atoms with Gasteiger partial charge in [0.15, 0.2) is 5.78 Å². The molecule has 1 aliphatic rings. The molecule has 1 aliphatic heterocycles. The Balaban J connectivity index is 1.41. The van der Waals surface area contributed by atoms with Crippen molar-refractivity contribution in [1.82, 2.24) is 20.1 Å². The van der Waals surface area contributed by atoms with Gasteiger partial charge < -0.3 is 16.4 Å². The van der Waals surface area contributed by atoms with E-state index in [0.717, 1.165) is 48.4 Å². The van der Waals surface area contributed by atoms with Crippen molar-refractivity contribution in [2.24, 2.45) is 5.92 Å². The Hall–Kier alpha value is -4.50. The van der Waals surface area contributed by atoms with Crippen molar-refractivity contribution < 1.29 is 9.59 Å². The molecule has 0 aliphatic carbocycles. The van der Waals surface area contributed by atoms with Crippen molar-refractivity contribution in [3.63, 3.8) is 0 Å². The fourth-order valence-electron chi connectivity index (χ4n) is 5.42. The van der Waals surface area contributed by atoms with Crippen molar-refractivity contribution in [3.05, 3.63) is 95.3 Å². The average Bonchev–Trinajstić information content (AvgIpc) is 3.39. The predicted molar refractivity (Wildman–Crippen MR) is 167 cm³/mol. The number of ketones is 1. The number of anilines is 3. The van der Waals surface area contributed by atoms with Crippen molar-refractivity contribution in [2.45, 2.75) is 51.9 Å². The van der Waals surface area contributed by atoms with Crippen LogP contribution in [0.2, 0.25) is 0 Å². The van der Waals surface area contributed by atoms with Gasteiger partial charge in [0.2, 0.25) is 0 Å². The van der Waals surface area contributed by atoms with E-state index >= 15 is 0 Å². The topological polar surface area (TPSA) is 127 Å². The standard InChI is InChI=1S/C33H39N7O2/c1-21-10-12-25(13-11-21)40-28(20-27(39-40)33(2,3)4)38-32(42)37-24-8-5-7-23(19-24)29(22-14-17-35-18-15-22)30(41)26-9-6-16-36-31(26)34/h5-13,16,19-20,22,29,35H,14-15,17-18H2,1-4H3,(H2,34,36)(H2,37,38,42). The maximum atomic E-state index is 13.9. The van der Waals surface area contributed by atoms with Crippen LogP contribution in [-0.2, 0) is 5.41 Å². The second-order valence-electron chi connectivity index (χ2n) is 12.0. The molecule has 3 heterocycles. The molecule has 0 saturated carbocycles. The van der Waals surface area contributed by atoms with Gasteiger partial charge in [0.1, 0.15) is 11.6 Å². The molecular weight excluding hydrogens is 526 g/mol. The highest BCUT2D eigenvalue weighted by atomic mass is 16.2. The van der Waals surface area contributed by atoms with E-state index in [2.05, 4.69) is 41.7 Å². The number of nitrogens with one attached hydrogen (secondary N) is 3. The van der Waals surface area contributed by atoms with Gasteiger partial charge in [-0.15, -0.1) is 0 Å². The molecule has 0 bridgehead atoms. The quantitative estimate of drug-likeness (QED) is 0.202. The van der Waals surface area contributed by atoms with E-state index in [1.54, 1.807) is 23.0 Å². The minimum atomic E-state index is -0.402. The molecular formula is C33H39N7O2. The molecule has 2 amide bonds. The second-order valence-corrected chi connectivity index (χ2v) is 12.0. The van der Waals surface area contributed by atoms with E-state index in [0.29, 0.717) is 17.1 Å². The fraction of sp³-hybridized carbons (Fsp3) is 0.333. The number of carbonyl (C=O) groups excluding carboxylic acids is 2. The van der Waals surface area contributed by atoms with Crippen LogP contribution in [-0.4, -0.2) is 39.7 Å². The van der Waals surface area contributed by atoms with E-state index in [1.165, 1.54) is 0 Å². The van der Waals surface area contributed by atoms with Crippen molar-refractivity contribution >= 4 is 29.1 Å². The Labute approximate surface area is 246 Å². The maximum Gasteiger partial charge on any atom is 0.324 e. The predicted octanol–water partition coefficient (Wildman–Crippen LogP) is 6.07. The highest BCUT2D eigenvalue weighted by Crippen LogP contribution is 2.36. The Bertz CT molecular complexity index is 1560. The summed E-state index contributed by atoms with van der Waals surface area (Å²) in [5.74, 6) is 0.482. The summed E-state index contributed by atoms with van der Waals surface area (Å²) in [5.41, 5.74) is 10.6. The molecule has 2 aromatic carbocycles. The summed E-state index contributed by atoms with van der Waals surface area (Å²) in [6.07, 6.45) is 3.33. The van der Waals surface area contributed by atoms with Crippen LogP contribution < -0.4 is 21.7 Å². The first-order valence-corrected chi connectivity index (χ1v) is 14.4. The Kier molecular flexibility index (Phi) is 8.40. The lowest BCUT2D eigenvalue weighted by molar-refractivity contribution is 0.0916. The third-order valence-corrected chi connectivity index (χ3v) is 7.74. The molecule has 4 aromatic rings. The summed E-state index contributed by atoms with van der Waals surface area (Å²) in [7, 11) is 0. The van der Waals surface area contributed by atoms with Gasteiger partial charge in [0, 0.05) is 23.4 Å². The first-order valence-electron chi connectivity index (χ1n) is 14.4. The summed E-state index contributed by atoms with van der Waals surface area (Å²) in [4.78, 5) is 31.3. The zero-order valence-corrected chi connectivity index (χ0v) is 24.6. The molecule has 42 heavy (non-hydrogen) atoms. The zero-order valence-electron chi connectivity index (χ0n) is 24.6.